The molecule has 0 aliphatic rings. The number of hydrogen-bond acceptors (Lipinski definition) is 7. The second-order valence-electron chi connectivity index (χ2n) is 9.45. The van der Waals surface area contributed by atoms with Gasteiger partial charge in [-0.2, -0.15) is 9.78 Å². The molecule has 4 rings (SSSR count). The van der Waals surface area contributed by atoms with E-state index in [2.05, 4.69) is 37.0 Å². The van der Waals surface area contributed by atoms with Gasteiger partial charge in [-0.15, -0.1) is 0 Å². The van der Waals surface area contributed by atoms with Crippen LogP contribution in [0.25, 0.3) is 10.9 Å². The lowest BCUT2D eigenvalue weighted by Crippen LogP contribution is -2.29. The summed E-state index contributed by atoms with van der Waals surface area (Å²) in [7, 11) is 1.51. The second-order valence-corrected chi connectivity index (χ2v) is 11.2. The molecule has 0 fully saturated rings. The Morgan fingerprint density at radius 3 is 2.55 bits per heavy atom. The van der Waals surface area contributed by atoms with Crippen LogP contribution >= 0.6 is 31.9 Å². The molecule has 9 nitrogen and oxygen atoms in total. The van der Waals surface area contributed by atoms with Crippen LogP contribution in [-0.2, 0) is 12.0 Å². The lowest BCUT2D eigenvalue weighted by molar-refractivity contribution is -0.384. The number of nitro benzene ring substituents is 1. The van der Waals surface area contributed by atoms with E-state index in [4.69, 9.17) is 14.5 Å². The van der Waals surface area contributed by atoms with E-state index in [0.717, 1.165) is 4.47 Å². The van der Waals surface area contributed by atoms with Gasteiger partial charge in [0.05, 0.1) is 29.2 Å². The molecule has 11 heteroatoms. The molecule has 0 N–H and O–H groups in total. The second kappa shape index (κ2) is 11.0. The summed E-state index contributed by atoms with van der Waals surface area (Å²) in [6, 6.07) is 15.1. The van der Waals surface area contributed by atoms with Crippen LogP contribution < -0.4 is 15.0 Å². The number of aromatic nitrogens is 2. The number of nitro groups is 1. The molecule has 0 radical (unpaired) electrons. The first kappa shape index (κ1) is 27.5. The molecule has 38 heavy (non-hydrogen) atoms. The SMILES string of the molecule is COc1cc(C=Nn2c(C(C)(C)C)nc3ccc(Br)cc3c2=O)c(Br)cc1OCc1cccc([N+](=O)[O-])c1. The largest absolute Gasteiger partial charge is 0.493 e. The van der Waals surface area contributed by atoms with Crippen LogP contribution in [0.4, 0.5) is 5.69 Å². The number of ether oxygens (including phenoxy) is 2. The molecule has 0 amide bonds. The summed E-state index contributed by atoms with van der Waals surface area (Å²) in [5, 5.41) is 16.0. The summed E-state index contributed by atoms with van der Waals surface area (Å²) in [5.74, 6) is 1.39. The quantitative estimate of drug-likeness (QED) is 0.128. The summed E-state index contributed by atoms with van der Waals surface area (Å²) in [5.41, 5.74) is 1.15. The molecule has 0 bridgehead atoms. The molecule has 0 saturated carbocycles. The topological polar surface area (TPSA) is 109 Å². The molecule has 1 aromatic heterocycles. The van der Waals surface area contributed by atoms with Gasteiger partial charge in [-0.3, -0.25) is 14.9 Å². The minimum atomic E-state index is -0.449. The maximum Gasteiger partial charge on any atom is 0.282 e. The van der Waals surface area contributed by atoms with Gasteiger partial charge in [0.2, 0.25) is 0 Å². The van der Waals surface area contributed by atoms with Gasteiger partial charge >= 0.3 is 0 Å². The highest BCUT2D eigenvalue weighted by atomic mass is 79.9. The first-order valence-corrected chi connectivity index (χ1v) is 13.1. The highest BCUT2D eigenvalue weighted by Gasteiger charge is 2.23. The van der Waals surface area contributed by atoms with Crippen molar-refractivity contribution in [2.24, 2.45) is 5.10 Å². The van der Waals surface area contributed by atoms with Crippen LogP contribution in [0.5, 0.6) is 11.5 Å². The summed E-state index contributed by atoms with van der Waals surface area (Å²) in [6.07, 6.45) is 1.55. The summed E-state index contributed by atoms with van der Waals surface area (Å²) in [4.78, 5) is 28.7. The number of benzene rings is 3. The third-order valence-corrected chi connectivity index (χ3v) is 6.77. The Hall–Kier alpha value is -3.57. The van der Waals surface area contributed by atoms with Crippen molar-refractivity contribution < 1.29 is 14.4 Å². The van der Waals surface area contributed by atoms with Gasteiger partial charge in [0.1, 0.15) is 12.4 Å². The van der Waals surface area contributed by atoms with Crippen LogP contribution in [0.15, 0.2) is 73.4 Å². The number of halogens is 2. The Balaban J connectivity index is 1.69. The molecule has 0 aliphatic carbocycles. The zero-order valence-corrected chi connectivity index (χ0v) is 24.2. The molecule has 0 atom stereocenters. The van der Waals surface area contributed by atoms with Crippen molar-refractivity contribution in [2.45, 2.75) is 32.8 Å². The highest BCUT2D eigenvalue weighted by molar-refractivity contribution is 9.10. The summed E-state index contributed by atoms with van der Waals surface area (Å²) in [6.45, 7) is 6.02. The van der Waals surface area contributed by atoms with Crippen molar-refractivity contribution in [2.75, 3.05) is 7.11 Å². The molecule has 196 valence electrons. The van der Waals surface area contributed by atoms with Crippen LogP contribution in [0.3, 0.4) is 0 Å². The van der Waals surface area contributed by atoms with Crippen molar-refractivity contribution in [1.29, 1.82) is 0 Å². The van der Waals surface area contributed by atoms with Crippen LogP contribution in [-0.4, -0.2) is 27.9 Å². The van der Waals surface area contributed by atoms with E-state index in [0.29, 0.717) is 43.8 Å². The molecule has 0 saturated heterocycles. The van der Waals surface area contributed by atoms with Gasteiger partial charge < -0.3 is 9.47 Å². The van der Waals surface area contributed by atoms with E-state index >= 15 is 0 Å². The fraction of sp³-hybridized carbons (Fsp3) is 0.222. The Labute approximate surface area is 235 Å². The van der Waals surface area contributed by atoms with Crippen molar-refractivity contribution in [3.63, 3.8) is 0 Å². The molecular weight excluding hydrogens is 620 g/mol. The zero-order chi connectivity index (χ0) is 27.6. The van der Waals surface area contributed by atoms with Gasteiger partial charge in [-0.05, 0) is 51.8 Å². The first-order chi connectivity index (χ1) is 18.0. The maximum absolute atomic E-state index is 13.4. The van der Waals surface area contributed by atoms with E-state index in [1.54, 1.807) is 42.6 Å². The Morgan fingerprint density at radius 2 is 1.87 bits per heavy atom. The lowest BCUT2D eigenvalue weighted by Gasteiger charge is -2.21. The molecule has 3 aromatic carbocycles. The van der Waals surface area contributed by atoms with Gasteiger partial charge in [-0.25, -0.2) is 4.98 Å². The van der Waals surface area contributed by atoms with Gasteiger partial charge in [0.15, 0.2) is 11.5 Å². The predicted octanol–water partition coefficient (Wildman–Crippen LogP) is 6.60. The fourth-order valence-electron chi connectivity index (χ4n) is 3.70. The monoisotopic (exact) mass is 642 g/mol. The highest BCUT2D eigenvalue weighted by Crippen LogP contribution is 2.34. The van der Waals surface area contributed by atoms with Crippen molar-refractivity contribution in [1.82, 2.24) is 9.66 Å². The van der Waals surface area contributed by atoms with Gasteiger partial charge in [0.25, 0.3) is 11.2 Å². The Bertz CT molecular complexity index is 1630. The number of fused-ring (bicyclic) bond motifs is 1. The maximum atomic E-state index is 13.4. The summed E-state index contributed by atoms with van der Waals surface area (Å²) >= 11 is 6.96. The lowest BCUT2D eigenvalue weighted by atomic mass is 9.95. The number of non-ortho nitro benzene ring substituents is 1. The van der Waals surface area contributed by atoms with E-state index < -0.39 is 10.3 Å². The number of hydrogen-bond donors (Lipinski definition) is 0. The zero-order valence-electron chi connectivity index (χ0n) is 21.1. The number of methoxy groups -OCH3 is 1. The minimum Gasteiger partial charge on any atom is -0.493 e. The Morgan fingerprint density at radius 1 is 1.11 bits per heavy atom. The average Bonchev–Trinajstić information content (AvgIpc) is 2.87. The molecular formula is C27H24Br2N4O5. The van der Waals surface area contributed by atoms with Gasteiger partial charge in [-0.1, -0.05) is 48.8 Å². The molecule has 1 heterocycles. The molecule has 4 aromatic rings. The van der Waals surface area contributed by atoms with E-state index in [9.17, 15) is 14.9 Å². The first-order valence-electron chi connectivity index (χ1n) is 11.5. The third kappa shape index (κ3) is 5.94. The summed E-state index contributed by atoms with van der Waals surface area (Å²) < 4.78 is 14.2. The number of rotatable bonds is 7. The van der Waals surface area contributed by atoms with Crippen LogP contribution in [0.1, 0.15) is 37.7 Å². The van der Waals surface area contributed by atoms with E-state index in [-0.39, 0.29) is 17.9 Å². The van der Waals surface area contributed by atoms with E-state index in [1.165, 1.54) is 23.9 Å². The number of nitrogens with zero attached hydrogens (tertiary/aromatic N) is 4. The molecule has 0 unspecified atom stereocenters. The Kier molecular flexibility index (Phi) is 7.98. The molecule has 0 aliphatic heterocycles. The minimum absolute atomic E-state index is 0.00814. The smallest absolute Gasteiger partial charge is 0.282 e. The van der Waals surface area contributed by atoms with Crippen molar-refractivity contribution >= 4 is 54.7 Å². The van der Waals surface area contributed by atoms with Gasteiger partial charge in [0, 0.05) is 32.1 Å². The van der Waals surface area contributed by atoms with Crippen molar-refractivity contribution in [3.05, 3.63) is 101 Å². The fourth-order valence-corrected chi connectivity index (χ4v) is 4.49. The van der Waals surface area contributed by atoms with Crippen LogP contribution in [0.2, 0.25) is 0 Å². The van der Waals surface area contributed by atoms with E-state index in [1.807, 2.05) is 26.8 Å². The third-order valence-electron chi connectivity index (χ3n) is 5.59. The van der Waals surface area contributed by atoms with Crippen LogP contribution in [0, 0.1) is 10.1 Å². The predicted molar refractivity (Wildman–Crippen MR) is 154 cm³/mol. The standard InChI is InChI=1S/C27H24Br2N4O5/c1-27(2,3)26-31-22-9-8-18(28)12-20(22)25(34)32(26)30-14-17-11-23(37-4)24(13-21(17)29)38-15-16-6-5-7-19(10-16)33(35)36/h5-14H,15H2,1-4H3. The van der Waals surface area contributed by atoms with Crippen molar-refractivity contribution in [3.8, 4) is 11.5 Å². The molecule has 0 spiro atoms. The normalized spacial score (nSPS) is 11.7. The average molecular weight is 644 g/mol.